The molecule has 5 heteroatoms. The second kappa shape index (κ2) is 6.18. The fourth-order valence-corrected chi connectivity index (χ4v) is 2.78. The lowest BCUT2D eigenvalue weighted by atomic mass is 9.85. The Labute approximate surface area is 121 Å². The molecule has 1 aromatic carbocycles. The van der Waals surface area contributed by atoms with Gasteiger partial charge in [-0.15, -0.1) is 0 Å². The lowest BCUT2D eigenvalue weighted by Gasteiger charge is -2.25. The molecule has 1 saturated carbocycles. The first-order chi connectivity index (χ1) is 9.10. The molecule has 1 fully saturated rings. The number of carbonyl (C=O) groups excluding carboxylic acids is 1. The zero-order valence-corrected chi connectivity index (χ0v) is 12.1. The van der Waals surface area contributed by atoms with Crippen molar-refractivity contribution < 1.29 is 4.79 Å². The summed E-state index contributed by atoms with van der Waals surface area (Å²) in [6.07, 6.45) is 3.57. The molecular weight excluding hydrogens is 306 g/mol. The molecule has 1 aromatic rings. The molecule has 1 amide bonds. The highest BCUT2D eigenvalue weighted by Gasteiger charge is 2.25. The number of hydrogen-bond acceptors (Lipinski definition) is 3. The average Bonchev–Trinajstić information content (AvgIpc) is 2.39. The highest BCUT2D eigenvalue weighted by molar-refractivity contribution is 9.10. The van der Waals surface area contributed by atoms with Crippen LogP contribution in [-0.2, 0) is 4.79 Å². The molecule has 0 spiro atoms. The molecule has 1 aliphatic rings. The van der Waals surface area contributed by atoms with Crippen LogP contribution in [0.4, 0.5) is 5.69 Å². The summed E-state index contributed by atoms with van der Waals surface area (Å²) in [5, 5.41) is 11.9. The smallest absolute Gasteiger partial charge is 0.227 e. The van der Waals surface area contributed by atoms with Crippen molar-refractivity contribution in [1.82, 2.24) is 0 Å². The normalized spacial score (nSPS) is 22.6. The van der Waals surface area contributed by atoms with Crippen molar-refractivity contribution in [2.75, 3.05) is 5.32 Å². The first-order valence-electron chi connectivity index (χ1n) is 6.36. The number of rotatable bonds is 2. The molecule has 2 atom stereocenters. The largest absolute Gasteiger partial charge is 0.328 e. The number of amides is 1. The molecule has 0 heterocycles. The second-order valence-corrected chi connectivity index (χ2v) is 5.83. The molecular formula is C14H16BrN3O. The molecule has 19 heavy (non-hydrogen) atoms. The number of nitrogens with one attached hydrogen (secondary N) is 1. The van der Waals surface area contributed by atoms with Crippen LogP contribution in [0.2, 0.25) is 0 Å². The van der Waals surface area contributed by atoms with Crippen molar-refractivity contribution >= 4 is 27.5 Å². The van der Waals surface area contributed by atoms with E-state index in [1.165, 1.54) is 0 Å². The van der Waals surface area contributed by atoms with Crippen molar-refractivity contribution in [3.8, 4) is 6.07 Å². The lowest BCUT2D eigenvalue weighted by molar-refractivity contribution is -0.120. The number of benzene rings is 1. The van der Waals surface area contributed by atoms with Crippen LogP contribution in [-0.4, -0.2) is 11.9 Å². The number of carbonyl (C=O) groups is 1. The minimum atomic E-state index is -0.0470. The first kappa shape index (κ1) is 14.0. The molecule has 2 unspecified atom stereocenters. The van der Waals surface area contributed by atoms with Gasteiger partial charge in [0.15, 0.2) is 0 Å². The number of halogens is 1. The molecule has 2 rings (SSSR count). The molecule has 3 N–H and O–H groups in total. The lowest BCUT2D eigenvalue weighted by Crippen LogP contribution is -2.34. The Morgan fingerprint density at radius 2 is 2.26 bits per heavy atom. The quantitative estimate of drug-likeness (QED) is 0.879. The molecule has 0 aromatic heterocycles. The third-order valence-corrected chi connectivity index (χ3v) is 3.94. The predicted molar refractivity (Wildman–Crippen MR) is 77.4 cm³/mol. The summed E-state index contributed by atoms with van der Waals surface area (Å²) in [4.78, 5) is 12.2. The zero-order chi connectivity index (χ0) is 13.8. The number of nitriles is 1. The molecule has 0 bridgehead atoms. The fourth-order valence-electron chi connectivity index (χ4n) is 2.42. The van der Waals surface area contributed by atoms with Crippen LogP contribution < -0.4 is 11.1 Å². The van der Waals surface area contributed by atoms with Crippen molar-refractivity contribution in [3.05, 3.63) is 28.2 Å². The fraction of sp³-hybridized carbons (Fsp3) is 0.429. The summed E-state index contributed by atoms with van der Waals surface area (Å²) in [7, 11) is 0. The molecule has 1 aliphatic carbocycles. The monoisotopic (exact) mass is 321 g/mol. The minimum absolute atomic E-state index is 0.0373. The Balaban J connectivity index is 2.10. The van der Waals surface area contributed by atoms with Crippen LogP contribution in [0.1, 0.15) is 31.2 Å². The van der Waals surface area contributed by atoms with E-state index in [1.807, 2.05) is 0 Å². The van der Waals surface area contributed by atoms with Gasteiger partial charge in [0.05, 0.1) is 11.3 Å². The van der Waals surface area contributed by atoms with Crippen LogP contribution in [0.5, 0.6) is 0 Å². The summed E-state index contributed by atoms with van der Waals surface area (Å²) in [5.41, 5.74) is 6.92. The average molecular weight is 322 g/mol. The zero-order valence-electron chi connectivity index (χ0n) is 10.5. The highest BCUT2D eigenvalue weighted by atomic mass is 79.9. The van der Waals surface area contributed by atoms with Gasteiger partial charge in [-0.3, -0.25) is 4.79 Å². The van der Waals surface area contributed by atoms with Crippen molar-refractivity contribution in [2.24, 2.45) is 11.7 Å². The maximum absolute atomic E-state index is 12.2. The van der Waals surface area contributed by atoms with Gasteiger partial charge in [-0.2, -0.15) is 5.26 Å². The third-order valence-electron chi connectivity index (χ3n) is 3.45. The standard InChI is InChI=1S/C14H16BrN3O/c15-11-5-4-10(8-16)13(7-11)18-14(19)9-2-1-3-12(17)6-9/h4-5,7,9,12H,1-3,6,17H2,(H,18,19). The van der Waals surface area contributed by atoms with Crippen molar-refractivity contribution in [2.45, 2.75) is 31.7 Å². The van der Waals surface area contributed by atoms with Gasteiger partial charge in [-0.05, 0) is 37.5 Å². The third kappa shape index (κ3) is 3.55. The van der Waals surface area contributed by atoms with Crippen molar-refractivity contribution in [1.29, 1.82) is 5.26 Å². The minimum Gasteiger partial charge on any atom is -0.328 e. The van der Waals surface area contributed by atoms with Gasteiger partial charge in [0.2, 0.25) is 5.91 Å². The number of nitrogens with two attached hydrogens (primary N) is 1. The van der Waals surface area contributed by atoms with E-state index in [4.69, 9.17) is 11.0 Å². The molecule has 0 radical (unpaired) electrons. The van der Waals surface area contributed by atoms with Gasteiger partial charge in [0.1, 0.15) is 6.07 Å². The summed E-state index contributed by atoms with van der Waals surface area (Å²) >= 11 is 3.34. The Morgan fingerprint density at radius 3 is 2.95 bits per heavy atom. The van der Waals surface area contributed by atoms with Crippen LogP contribution in [0.3, 0.4) is 0 Å². The van der Waals surface area contributed by atoms with Crippen LogP contribution in [0.25, 0.3) is 0 Å². The van der Waals surface area contributed by atoms with E-state index in [1.54, 1.807) is 18.2 Å². The first-order valence-corrected chi connectivity index (χ1v) is 7.15. The predicted octanol–water partition coefficient (Wildman–Crippen LogP) is 2.78. The summed E-state index contributed by atoms with van der Waals surface area (Å²) in [5.74, 6) is -0.0842. The SMILES string of the molecule is N#Cc1ccc(Br)cc1NC(=O)C1CCCC(N)C1. The highest BCUT2D eigenvalue weighted by Crippen LogP contribution is 2.26. The number of nitrogens with zero attached hydrogens (tertiary/aromatic N) is 1. The van der Waals surface area contributed by atoms with E-state index in [9.17, 15) is 4.79 Å². The van der Waals surface area contributed by atoms with Gasteiger partial charge >= 0.3 is 0 Å². The van der Waals surface area contributed by atoms with E-state index in [0.29, 0.717) is 11.3 Å². The Hall–Kier alpha value is -1.38. The second-order valence-electron chi connectivity index (χ2n) is 4.91. The van der Waals surface area contributed by atoms with Crippen LogP contribution in [0, 0.1) is 17.2 Å². The summed E-state index contributed by atoms with van der Waals surface area (Å²) < 4.78 is 0.835. The van der Waals surface area contributed by atoms with Crippen LogP contribution >= 0.6 is 15.9 Å². The Kier molecular flexibility index (Phi) is 4.56. The number of hydrogen-bond donors (Lipinski definition) is 2. The molecule has 0 saturated heterocycles. The topological polar surface area (TPSA) is 78.9 Å². The Bertz CT molecular complexity index is 524. The van der Waals surface area contributed by atoms with E-state index >= 15 is 0 Å². The van der Waals surface area contributed by atoms with Gasteiger partial charge in [0.25, 0.3) is 0 Å². The van der Waals surface area contributed by atoms with E-state index in [-0.39, 0.29) is 17.9 Å². The maximum atomic E-state index is 12.2. The maximum Gasteiger partial charge on any atom is 0.227 e. The molecule has 0 aliphatic heterocycles. The summed E-state index contributed by atoms with van der Waals surface area (Å²) in [6, 6.07) is 7.41. The van der Waals surface area contributed by atoms with Gasteiger partial charge in [-0.25, -0.2) is 0 Å². The van der Waals surface area contributed by atoms with E-state index < -0.39 is 0 Å². The number of anilines is 1. The Morgan fingerprint density at radius 1 is 1.47 bits per heavy atom. The van der Waals surface area contributed by atoms with Gasteiger partial charge in [0, 0.05) is 16.4 Å². The van der Waals surface area contributed by atoms with E-state index in [0.717, 1.165) is 30.2 Å². The van der Waals surface area contributed by atoms with Crippen LogP contribution in [0.15, 0.2) is 22.7 Å². The molecule has 4 nitrogen and oxygen atoms in total. The van der Waals surface area contributed by atoms with Gasteiger partial charge < -0.3 is 11.1 Å². The van der Waals surface area contributed by atoms with Gasteiger partial charge in [-0.1, -0.05) is 22.4 Å². The van der Waals surface area contributed by atoms with Crippen molar-refractivity contribution in [3.63, 3.8) is 0 Å². The summed E-state index contributed by atoms with van der Waals surface area (Å²) in [6.45, 7) is 0. The van der Waals surface area contributed by atoms with E-state index in [2.05, 4.69) is 27.3 Å². The molecule has 100 valence electrons.